The van der Waals surface area contributed by atoms with Gasteiger partial charge in [0.2, 0.25) is 0 Å². The maximum atomic E-state index is 5.56. The van der Waals surface area contributed by atoms with E-state index in [0.717, 1.165) is 31.9 Å². The van der Waals surface area contributed by atoms with Crippen molar-refractivity contribution in [1.82, 2.24) is 20.4 Å². The summed E-state index contributed by atoms with van der Waals surface area (Å²) in [6.45, 7) is 11.0. The second-order valence-electron chi connectivity index (χ2n) is 6.86. The molecule has 0 aliphatic carbocycles. The molecule has 1 aromatic rings. The first-order valence-electron chi connectivity index (χ1n) is 8.39. The molecule has 0 saturated carbocycles. The van der Waals surface area contributed by atoms with Gasteiger partial charge < -0.3 is 15.4 Å². The second-order valence-corrected chi connectivity index (χ2v) is 6.86. The summed E-state index contributed by atoms with van der Waals surface area (Å²) in [4.78, 5) is 4.65. The average Bonchev–Trinajstić information content (AvgIpc) is 2.88. The third-order valence-electron chi connectivity index (χ3n) is 3.70. The van der Waals surface area contributed by atoms with Gasteiger partial charge in [0, 0.05) is 33.4 Å². The van der Waals surface area contributed by atoms with Gasteiger partial charge in [-0.05, 0) is 30.7 Å². The van der Waals surface area contributed by atoms with Crippen LogP contribution >= 0.6 is 24.0 Å². The van der Waals surface area contributed by atoms with Crippen molar-refractivity contribution in [2.75, 3.05) is 26.7 Å². The van der Waals surface area contributed by atoms with Crippen LogP contribution in [0.3, 0.4) is 0 Å². The summed E-state index contributed by atoms with van der Waals surface area (Å²) in [7, 11) is 3.69. The number of hydrogen-bond donors (Lipinski definition) is 2. The number of nitrogens with one attached hydrogen (secondary N) is 2. The van der Waals surface area contributed by atoms with Crippen LogP contribution in [0.2, 0.25) is 0 Å². The van der Waals surface area contributed by atoms with Gasteiger partial charge >= 0.3 is 0 Å². The lowest BCUT2D eigenvalue weighted by Gasteiger charge is -2.28. The van der Waals surface area contributed by atoms with Crippen molar-refractivity contribution in [2.45, 2.75) is 46.6 Å². The van der Waals surface area contributed by atoms with E-state index in [1.807, 2.05) is 17.9 Å². The zero-order chi connectivity index (χ0) is 17.3. The molecule has 1 rings (SSSR count). The van der Waals surface area contributed by atoms with Gasteiger partial charge in [0.25, 0.3) is 0 Å². The van der Waals surface area contributed by atoms with Crippen molar-refractivity contribution in [2.24, 2.45) is 17.5 Å². The number of hydrogen-bond acceptors (Lipinski definition) is 3. The predicted octanol–water partition coefficient (Wildman–Crippen LogP) is 2.59. The minimum absolute atomic E-state index is 0. The Morgan fingerprint density at radius 1 is 1.38 bits per heavy atom. The Morgan fingerprint density at radius 3 is 2.58 bits per heavy atom. The molecule has 2 N–H and O–H groups in total. The SMILES string of the molecule is CCNC(=NCC(OC)C(C)(C)C)NCCCc1cnn(C)c1.I. The molecule has 0 bridgehead atoms. The summed E-state index contributed by atoms with van der Waals surface area (Å²) in [5.74, 6) is 0.852. The van der Waals surface area contributed by atoms with E-state index in [4.69, 9.17) is 4.74 Å². The van der Waals surface area contributed by atoms with Crippen LogP contribution in [0.5, 0.6) is 0 Å². The molecular weight excluding hydrogens is 417 g/mol. The Morgan fingerprint density at radius 2 is 2.08 bits per heavy atom. The zero-order valence-electron chi connectivity index (χ0n) is 15.9. The Hall–Kier alpha value is -0.830. The van der Waals surface area contributed by atoms with Crippen LogP contribution in [0.25, 0.3) is 0 Å². The molecule has 24 heavy (non-hydrogen) atoms. The fourth-order valence-corrected chi connectivity index (χ4v) is 2.32. The zero-order valence-corrected chi connectivity index (χ0v) is 18.3. The maximum Gasteiger partial charge on any atom is 0.191 e. The highest BCUT2D eigenvalue weighted by atomic mass is 127. The molecule has 0 aromatic carbocycles. The summed E-state index contributed by atoms with van der Waals surface area (Å²) in [5.41, 5.74) is 1.35. The van der Waals surface area contributed by atoms with E-state index in [1.165, 1.54) is 5.56 Å². The standard InChI is InChI=1S/C17H33N5O.HI/c1-7-18-16(20-12-15(23-6)17(2,3)4)19-10-8-9-14-11-21-22(5)13-14;/h11,13,15H,7-10,12H2,1-6H3,(H2,18,19,20);1H. The summed E-state index contributed by atoms with van der Waals surface area (Å²) in [6.07, 6.45) is 6.15. The first kappa shape index (κ1) is 23.2. The normalized spacial score (nSPS) is 13.3. The third-order valence-corrected chi connectivity index (χ3v) is 3.70. The lowest BCUT2D eigenvalue weighted by atomic mass is 9.89. The highest BCUT2D eigenvalue weighted by molar-refractivity contribution is 14.0. The van der Waals surface area contributed by atoms with Crippen LogP contribution < -0.4 is 10.6 Å². The molecule has 1 aromatic heterocycles. The van der Waals surface area contributed by atoms with E-state index in [0.29, 0.717) is 6.54 Å². The van der Waals surface area contributed by atoms with E-state index in [1.54, 1.807) is 7.11 Å². The van der Waals surface area contributed by atoms with E-state index in [2.05, 4.69) is 54.6 Å². The van der Waals surface area contributed by atoms with Gasteiger partial charge in [-0.3, -0.25) is 9.67 Å². The van der Waals surface area contributed by atoms with Crippen molar-refractivity contribution in [3.8, 4) is 0 Å². The van der Waals surface area contributed by atoms with Gasteiger partial charge in [0.15, 0.2) is 5.96 Å². The lowest BCUT2D eigenvalue weighted by Crippen LogP contribution is -2.39. The van der Waals surface area contributed by atoms with Gasteiger partial charge in [-0.25, -0.2) is 0 Å². The monoisotopic (exact) mass is 451 g/mol. The number of methoxy groups -OCH3 is 1. The molecule has 0 saturated heterocycles. The summed E-state index contributed by atoms with van der Waals surface area (Å²) < 4.78 is 7.40. The summed E-state index contributed by atoms with van der Waals surface area (Å²) in [6, 6.07) is 0. The summed E-state index contributed by atoms with van der Waals surface area (Å²) in [5, 5.41) is 10.9. The number of halogens is 1. The minimum atomic E-state index is 0. The van der Waals surface area contributed by atoms with Crippen molar-refractivity contribution in [3.63, 3.8) is 0 Å². The average molecular weight is 451 g/mol. The predicted molar refractivity (Wildman–Crippen MR) is 111 cm³/mol. The van der Waals surface area contributed by atoms with Gasteiger partial charge in [-0.15, -0.1) is 24.0 Å². The van der Waals surface area contributed by atoms with Crippen LogP contribution in [0.4, 0.5) is 0 Å². The number of aromatic nitrogens is 2. The fourth-order valence-electron chi connectivity index (χ4n) is 2.32. The second kappa shape index (κ2) is 11.7. The molecule has 0 spiro atoms. The Bertz CT molecular complexity index is 482. The van der Waals surface area contributed by atoms with Crippen molar-refractivity contribution in [3.05, 3.63) is 18.0 Å². The number of guanidine groups is 1. The molecular formula is C17H34IN5O. The van der Waals surface area contributed by atoms with Gasteiger partial charge in [0.05, 0.1) is 18.8 Å². The van der Waals surface area contributed by atoms with Gasteiger partial charge in [0.1, 0.15) is 0 Å². The topological polar surface area (TPSA) is 63.5 Å². The van der Waals surface area contributed by atoms with Crippen LogP contribution in [0.15, 0.2) is 17.4 Å². The maximum absolute atomic E-state index is 5.56. The Labute approximate surface area is 163 Å². The van der Waals surface area contributed by atoms with Crippen LogP contribution in [0.1, 0.15) is 39.7 Å². The molecule has 140 valence electrons. The van der Waals surface area contributed by atoms with E-state index < -0.39 is 0 Å². The lowest BCUT2D eigenvalue weighted by molar-refractivity contribution is 0.0241. The first-order valence-corrected chi connectivity index (χ1v) is 8.39. The highest BCUT2D eigenvalue weighted by Crippen LogP contribution is 2.21. The van der Waals surface area contributed by atoms with Crippen LogP contribution in [-0.4, -0.2) is 48.6 Å². The first-order chi connectivity index (χ1) is 10.9. The molecule has 0 radical (unpaired) electrons. The quantitative estimate of drug-likeness (QED) is 0.276. The fraction of sp³-hybridized carbons (Fsp3) is 0.765. The molecule has 0 aliphatic heterocycles. The minimum Gasteiger partial charge on any atom is -0.379 e. The molecule has 1 heterocycles. The summed E-state index contributed by atoms with van der Waals surface area (Å²) >= 11 is 0. The molecule has 1 unspecified atom stereocenters. The van der Waals surface area contributed by atoms with Crippen molar-refractivity contribution >= 4 is 29.9 Å². The van der Waals surface area contributed by atoms with Crippen molar-refractivity contribution in [1.29, 1.82) is 0 Å². The molecule has 0 fully saturated rings. The van der Waals surface area contributed by atoms with Gasteiger partial charge in [-0.1, -0.05) is 20.8 Å². The molecule has 6 nitrogen and oxygen atoms in total. The number of rotatable bonds is 8. The number of ether oxygens (including phenoxy) is 1. The molecule has 1 atom stereocenters. The Kier molecular flexibility index (Phi) is 11.3. The number of aliphatic imine (C=N–C) groups is 1. The molecule has 0 amide bonds. The molecule has 0 aliphatic rings. The van der Waals surface area contributed by atoms with E-state index in [9.17, 15) is 0 Å². The van der Waals surface area contributed by atoms with Crippen LogP contribution in [0, 0.1) is 5.41 Å². The Balaban J connectivity index is 0.00000529. The number of nitrogens with zero attached hydrogens (tertiary/aromatic N) is 3. The third kappa shape index (κ3) is 8.86. The molecule has 7 heteroatoms. The van der Waals surface area contributed by atoms with Gasteiger partial charge in [-0.2, -0.15) is 5.10 Å². The van der Waals surface area contributed by atoms with Crippen LogP contribution in [-0.2, 0) is 18.2 Å². The number of aryl methyl sites for hydroxylation is 2. The highest BCUT2D eigenvalue weighted by Gasteiger charge is 2.23. The van der Waals surface area contributed by atoms with Crippen molar-refractivity contribution < 1.29 is 4.74 Å². The van der Waals surface area contributed by atoms with E-state index >= 15 is 0 Å². The van der Waals surface area contributed by atoms with E-state index in [-0.39, 0.29) is 35.5 Å². The largest absolute Gasteiger partial charge is 0.379 e. The smallest absolute Gasteiger partial charge is 0.191 e.